The molecule has 0 aromatic heterocycles. The van der Waals surface area contributed by atoms with Crippen LogP contribution in [0, 0.1) is 0 Å². The van der Waals surface area contributed by atoms with Crippen LogP contribution in [-0.4, -0.2) is 47.3 Å². The number of hydrogen-bond donors (Lipinski definition) is 4. The van der Waals surface area contributed by atoms with Crippen molar-refractivity contribution in [3.63, 3.8) is 0 Å². The molecular formula is C11H19N3O5. The van der Waals surface area contributed by atoms with E-state index in [-0.39, 0.29) is 12.8 Å². The molecule has 0 heterocycles. The molecule has 8 nitrogen and oxygen atoms in total. The minimum absolute atomic E-state index is 0.0782. The first-order chi connectivity index (χ1) is 8.77. The molecule has 5 N–H and O–H groups in total. The molecule has 0 radical (unpaired) electrons. The molecule has 3 atom stereocenters. The lowest BCUT2D eigenvalue weighted by molar-refractivity contribution is -0.138. The number of aliphatic carboxylic acids is 1. The SMILES string of the molecule is C[C@H](N)C(=O)N[C@@H](CCC(=O)O)C(=O)N[C@@H](C)C=O. The van der Waals surface area contributed by atoms with Crippen molar-refractivity contribution in [1.29, 1.82) is 0 Å². The molecule has 0 saturated carbocycles. The molecule has 8 heteroatoms. The summed E-state index contributed by atoms with van der Waals surface area (Å²) in [6.45, 7) is 2.90. The van der Waals surface area contributed by atoms with Crippen LogP contribution in [0.25, 0.3) is 0 Å². The Morgan fingerprint density at radius 2 is 1.79 bits per heavy atom. The smallest absolute Gasteiger partial charge is 0.303 e. The number of carbonyl (C=O) groups excluding carboxylic acids is 3. The van der Waals surface area contributed by atoms with Crippen molar-refractivity contribution in [3.8, 4) is 0 Å². The third kappa shape index (κ3) is 7.14. The number of amides is 2. The second kappa shape index (κ2) is 8.20. The van der Waals surface area contributed by atoms with Crippen molar-refractivity contribution in [2.24, 2.45) is 5.73 Å². The Morgan fingerprint density at radius 3 is 2.21 bits per heavy atom. The third-order valence-corrected chi connectivity index (χ3v) is 2.27. The van der Waals surface area contributed by atoms with Crippen LogP contribution < -0.4 is 16.4 Å². The van der Waals surface area contributed by atoms with Crippen LogP contribution >= 0.6 is 0 Å². The lowest BCUT2D eigenvalue weighted by atomic mass is 10.1. The Labute approximate surface area is 110 Å². The summed E-state index contributed by atoms with van der Waals surface area (Å²) in [7, 11) is 0. The van der Waals surface area contributed by atoms with Crippen LogP contribution in [0.4, 0.5) is 0 Å². The number of hydrogen-bond acceptors (Lipinski definition) is 5. The molecule has 0 aliphatic rings. The van der Waals surface area contributed by atoms with E-state index in [1.54, 1.807) is 0 Å². The standard InChI is InChI=1S/C11H19N3O5/c1-6(5-15)13-11(19)8(3-4-9(16)17)14-10(18)7(2)12/h5-8H,3-4,12H2,1-2H3,(H,13,19)(H,14,18)(H,16,17)/t6-,7-,8-/m0/s1. The van der Waals surface area contributed by atoms with Crippen molar-refractivity contribution < 1.29 is 24.3 Å². The molecule has 0 aliphatic heterocycles. The van der Waals surface area contributed by atoms with Gasteiger partial charge in [0.2, 0.25) is 11.8 Å². The highest BCUT2D eigenvalue weighted by Gasteiger charge is 2.23. The number of nitrogens with two attached hydrogens (primary N) is 1. The maximum absolute atomic E-state index is 11.8. The molecule has 0 saturated heterocycles. The average molecular weight is 273 g/mol. The van der Waals surface area contributed by atoms with Crippen LogP contribution in [-0.2, 0) is 19.2 Å². The normalized spacial score (nSPS) is 14.9. The van der Waals surface area contributed by atoms with E-state index in [4.69, 9.17) is 10.8 Å². The zero-order valence-electron chi connectivity index (χ0n) is 10.9. The summed E-state index contributed by atoms with van der Waals surface area (Å²) in [4.78, 5) is 44.1. The maximum Gasteiger partial charge on any atom is 0.303 e. The zero-order valence-corrected chi connectivity index (χ0v) is 10.9. The van der Waals surface area contributed by atoms with E-state index in [0.29, 0.717) is 6.29 Å². The molecule has 0 bridgehead atoms. The topological polar surface area (TPSA) is 139 Å². The maximum atomic E-state index is 11.8. The van der Waals surface area contributed by atoms with Gasteiger partial charge in [0, 0.05) is 6.42 Å². The first-order valence-corrected chi connectivity index (χ1v) is 5.81. The Morgan fingerprint density at radius 1 is 1.21 bits per heavy atom. The monoisotopic (exact) mass is 273 g/mol. The van der Waals surface area contributed by atoms with Gasteiger partial charge in [-0.3, -0.25) is 14.4 Å². The van der Waals surface area contributed by atoms with Gasteiger partial charge in [-0.25, -0.2) is 0 Å². The van der Waals surface area contributed by atoms with Crippen LogP contribution in [0.3, 0.4) is 0 Å². The van der Waals surface area contributed by atoms with Gasteiger partial charge in [0.25, 0.3) is 0 Å². The van der Waals surface area contributed by atoms with Crippen molar-refractivity contribution in [3.05, 3.63) is 0 Å². The van der Waals surface area contributed by atoms with Gasteiger partial charge in [-0.05, 0) is 20.3 Å². The van der Waals surface area contributed by atoms with Gasteiger partial charge in [0.15, 0.2) is 0 Å². The second-order valence-corrected chi connectivity index (χ2v) is 4.22. The van der Waals surface area contributed by atoms with Gasteiger partial charge in [-0.2, -0.15) is 0 Å². The highest BCUT2D eigenvalue weighted by Crippen LogP contribution is 1.99. The number of aldehydes is 1. The Kier molecular flexibility index (Phi) is 7.35. The van der Waals surface area contributed by atoms with Gasteiger partial charge in [0.05, 0.1) is 12.1 Å². The van der Waals surface area contributed by atoms with E-state index in [1.165, 1.54) is 13.8 Å². The van der Waals surface area contributed by atoms with Gasteiger partial charge < -0.3 is 26.3 Å². The largest absolute Gasteiger partial charge is 0.481 e. The minimum atomic E-state index is -1.09. The number of nitrogens with one attached hydrogen (secondary N) is 2. The van der Waals surface area contributed by atoms with Crippen LogP contribution in [0.2, 0.25) is 0 Å². The summed E-state index contributed by atoms with van der Waals surface area (Å²) in [6.07, 6.45) is 0.164. The molecule has 108 valence electrons. The van der Waals surface area contributed by atoms with E-state index >= 15 is 0 Å². The third-order valence-electron chi connectivity index (χ3n) is 2.27. The second-order valence-electron chi connectivity index (χ2n) is 4.22. The first-order valence-electron chi connectivity index (χ1n) is 5.81. The zero-order chi connectivity index (χ0) is 15.0. The summed E-state index contributed by atoms with van der Waals surface area (Å²) in [5, 5.41) is 13.3. The molecular weight excluding hydrogens is 254 g/mol. The van der Waals surface area contributed by atoms with Gasteiger partial charge in [-0.1, -0.05) is 0 Å². The van der Waals surface area contributed by atoms with E-state index < -0.39 is 35.9 Å². The van der Waals surface area contributed by atoms with E-state index in [9.17, 15) is 19.2 Å². The fourth-order valence-electron chi connectivity index (χ4n) is 1.20. The number of carboxylic acid groups (broad SMARTS) is 1. The van der Waals surface area contributed by atoms with Crippen molar-refractivity contribution in [1.82, 2.24) is 10.6 Å². The average Bonchev–Trinajstić information content (AvgIpc) is 2.33. The molecule has 0 fully saturated rings. The quantitative estimate of drug-likeness (QED) is 0.392. The summed E-state index contributed by atoms with van der Waals surface area (Å²) >= 11 is 0. The summed E-state index contributed by atoms with van der Waals surface area (Å²) in [6, 6.07) is -2.56. The number of carboxylic acids is 1. The van der Waals surface area contributed by atoms with E-state index in [1.807, 2.05) is 0 Å². The van der Waals surface area contributed by atoms with Crippen LogP contribution in [0.15, 0.2) is 0 Å². The summed E-state index contributed by atoms with van der Waals surface area (Å²) in [5.74, 6) is -2.27. The van der Waals surface area contributed by atoms with Crippen LogP contribution in [0.5, 0.6) is 0 Å². The predicted molar refractivity (Wildman–Crippen MR) is 66.1 cm³/mol. The fourth-order valence-corrected chi connectivity index (χ4v) is 1.20. The molecule has 0 aliphatic carbocycles. The molecule has 19 heavy (non-hydrogen) atoms. The molecule has 0 rings (SSSR count). The predicted octanol–water partition coefficient (Wildman–Crippen LogP) is -1.61. The van der Waals surface area contributed by atoms with Gasteiger partial charge in [0.1, 0.15) is 12.3 Å². The van der Waals surface area contributed by atoms with Crippen molar-refractivity contribution in [2.45, 2.75) is 44.8 Å². The Balaban J connectivity index is 4.64. The molecule has 0 unspecified atom stereocenters. The van der Waals surface area contributed by atoms with Crippen LogP contribution in [0.1, 0.15) is 26.7 Å². The Bertz CT molecular complexity index is 356. The van der Waals surface area contributed by atoms with E-state index in [0.717, 1.165) is 0 Å². The summed E-state index contributed by atoms with van der Waals surface area (Å²) < 4.78 is 0. The Hall–Kier alpha value is -1.96. The van der Waals surface area contributed by atoms with Crippen molar-refractivity contribution >= 4 is 24.1 Å². The van der Waals surface area contributed by atoms with E-state index in [2.05, 4.69) is 10.6 Å². The fraction of sp³-hybridized carbons (Fsp3) is 0.636. The molecule has 2 amide bonds. The highest BCUT2D eigenvalue weighted by molar-refractivity contribution is 5.90. The first kappa shape index (κ1) is 17.0. The lowest BCUT2D eigenvalue weighted by Gasteiger charge is -2.19. The lowest BCUT2D eigenvalue weighted by Crippen LogP contribution is -2.52. The van der Waals surface area contributed by atoms with Gasteiger partial charge >= 0.3 is 5.97 Å². The highest BCUT2D eigenvalue weighted by atomic mass is 16.4. The minimum Gasteiger partial charge on any atom is -0.481 e. The number of carbonyl (C=O) groups is 4. The van der Waals surface area contributed by atoms with Gasteiger partial charge in [-0.15, -0.1) is 0 Å². The number of rotatable bonds is 8. The van der Waals surface area contributed by atoms with Crippen molar-refractivity contribution in [2.75, 3.05) is 0 Å². The summed E-state index contributed by atoms with van der Waals surface area (Å²) in [5.41, 5.74) is 5.35. The molecule has 0 aromatic carbocycles. The molecule has 0 spiro atoms. The molecule has 0 aromatic rings.